The Morgan fingerprint density at radius 3 is 2.33 bits per heavy atom. The summed E-state index contributed by atoms with van der Waals surface area (Å²) in [6.07, 6.45) is 0.797. The summed E-state index contributed by atoms with van der Waals surface area (Å²) in [5, 5.41) is 13.8. The Morgan fingerprint density at radius 2 is 1.83 bits per heavy atom. The molecule has 1 rings (SSSR count). The lowest BCUT2D eigenvalue weighted by molar-refractivity contribution is -0.385. The summed E-state index contributed by atoms with van der Waals surface area (Å²) in [6, 6.07) is 4.00. The van der Waals surface area contributed by atoms with Crippen molar-refractivity contribution in [2.24, 2.45) is 5.41 Å². The number of non-ortho nitro benzene ring substituents is 1. The fraction of sp³-hybridized carbons (Fsp3) is 0.588. The first-order valence-corrected chi connectivity index (χ1v) is 7.70. The molecule has 134 valence electrons. The van der Waals surface area contributed by atoms with Gasteiger partial charge in [-0.1, -0.05) is 20.8 Å². The molecule has 0 fully saturated rings. The molecule has 7 nitrogen and oxygen atoms in total. The van der Waals surface area contributed by atoms with Gasteiger partial charge in [-0.3, -0.25) is 14.9 Å². The first-order valence-electron chi connectivity index (χ1n) is 7.70. The van der Waals surface area contributed by atoms with Crippen LogP contribution in [-0.2, 0) is 4.79 Å². The number of benzene rings is 1. The molecule has 0 radical (unpaired) electrons. The number of nitrogens with one attached hydrogen (secondary N) is 1. The van der Waals surface area contributed by atoms with Crippen molar-refractivity contribution in [1.29, 1.82) is 0 Å². The number of rotatable bonds is 7. The maximum Gasteiger partial charge on any atom is 0.273 e. The minimum absolute atomic E-state index is 0.0703. The smallest absolute Gasteiger partial charge is 0.273 e. The molecule has 0 aliphatic heterocycles. The van der Waals surface area contributed by atoms with Gasteiger partial charge >= 0.3 is 0 Å². The fourth-order valence-corrected chi connectivity index (χ4v) is 2.82. The van der Waals surface area contributed by atoms with Crippen LogP contribution < -0.4 is 14.8 Å². The van der Waals surface area contributed by atoms with Crippen molar-refractivity contribution in [3.63, 3.8) is 0 Å². The minimum Gasteiger partial charge on any atom is -0.493 e. The summed E-state index contributed by atoms with van der Waals surface area (Å²) in [4.78, 5) is 22.4. The summed E-state index contributed by atoms with van der Waals surface area (Å²) in [7, 11) is 1.43. The Bertz CT molecular complexity index is 605. The molecule has 0 saturated carbocycles. The topological polar surface area (TPSA) is 90.7 Å². The lowest BCUT2D eigenvalue weighted by Crippen LogP contribution is -2.47. The molecule has 0 heterocycles. The van der Waals surface area contributed by atoms with Crippen LogP contribution in [-0.4, -0.2) is 30.1 Å². The van der Waals surface area contributed by atoms with Crippen LogP contribution in [0.3, 0.4) is 0 Å². The SMILES string of the molecule is COc1ccc([N+](=O)[O-])cc1OCC(=O)NC(C)(C)CC(C)(C)C. The zero-order valence-corrected chi connectivity index (χ0v) is 15.1. The van der Waals surface area contributed by atoms with Crippen LogP contribution in [0, 0.1) is 15.5 Å². The minimum atomic E-state index is -0.529. The zero-order chi connectivity index (χ0) is 18.5. The van der Waals surface area contributed by atoms with E-state index in [1.165, 1.54) is 25.3 Å². The van der Waals surface area contributed by atoms with Crippen LogP contribution in [0.4, 0.5) is 5.69 Å². The number of hydrogen-bond acceptors (Lipinski definition) is 5. The highest BCUT2D eigenvalue weighted by Crippen LogP contribution is 2.31. The first-order chi connectivity index (χ1) is 10.9. The highest BCUT2D eigenvalue weighted by molar-refractivity contribution is 5.78. The van der Waals surface area contributed by atoms with Gasteiger partial charge in [-0.25, -0.2) is 0 Å². The first kappa shape index (κ1) is 19.7. The average Bonchev–Trinajstić information content (AvgIpc) is 2.41. The van der Waals surface area contributed by atoms with Crippen molar-refractivity contribution >= 4 is 11.6 Å². The number of nitrogens with zero attached hydrogens (tertiary/aromatic N) is 1. The van der Waals surface area contributed by atoms with Crippen LogP contribution >= 0.6 is 0 Å². The Kier molecular flexibility index (Phi) is 6.17. The Balaban J connectivity index is 2.73. The number of carbonyl (C=O) groups is 1. The van der Waals surface area contributed by atoms with E-state index >= 15 is 0 Å². The van der Waals surface area contributed by atoms with Crippen molar-refractivity contribution in [1.82, 2.24) is 5.32 Å². The molecular weight excluding hydrogens is 312 g/mol. The molecular formula is C17H26N2O5. The third-order valence-electron chi connectivity index (χ3n) is 3.17. The standard InChI is InChI=1S/C17H26N2O5/c1-16(2,3)11-17(4,5)18-15(20)10-24-14-9-12(19(21)22)7-8-13(14)23-6/h7-9H,10-11H2,1-6H3,(H,18,20). The van der Waals surface area contributed by atoms with Gasteiger partial charge in [0.2, 0.25) is 0 Å². The summed E-state index contributed by atoms with van der Waals surface area (Å²) in [6.45, 7) is 9.96. The number of hydrogen-bond donors (Lipinski definition) is 1. The number of amides is 1. The number of nitro groups is 1. The van der Waals surface area contributed by atoms with E-state index in [-0.39, 0.29) is 34.9 Å². The van der Waals surface area contributed by atoms with E-state index in [0.29, 0.717) is 5.75 Å². The van der Waals surface area contributed by atoms with Gasteiger partial charge in [-0.15, -0.1) is 0 Å². The van der Waals surface area contributed by atoms with Gasteiger partial charge in [-0.2, -0.15) is 0 Å². The average molecular weight is 338 g/mol. The van der Waals surface area contributed by atoms with Crippen molar-refractivity contribution in [2.75, 3.05) is 13.7 Å². The second-order valence-corrected chi connectivity index (χ2v) is 7.55. The molecule has 7 heteroatoms. The van der Waals surface area contributed by atoms with Gasteiger partial charge in [0.25, 0.3) is 11.6 Å². The van der Waals surface area contributed by atoms with E-state index in [4.69, 9.17) is 9.47 Å². The molecule has 0 atom stereocenters. The number of ether oxygens (including phenoxy) is 2. The van der Waals surface area contributed by atoms with E-state index < -0.39 is 4.92 Å². The summed E-state index contributed by atoms with van der Waals surface area (Å²) >= 11 is 0. The molecule has 1 amide bonds. The van der Waals surface area contributed by atoms with Crippen molar-refractivity contribution in [2.45, 2.75) is 46.6 Å². The lowest BCUT2D eigenvalue weighted by Gasteiger charge is -2.33. The number of nitro benzene ring substituents is 1. The third-order valence-corrected chi connectivity index (χ3v) is 3.17. The monoisotopic (exact) mass is 338 g/mol. The van der Waals surface area contributed by atoms with Gasteiger partial charge in [-0.05, 0) is 31.7 Å². The van der Waals surface area contributed by atoms with Crippen LogP contribution in [0.2, 0.25) is 0 Å². The number of methoxy groups -OCH3 is 1. The maximum atomic E-state index is 12.1. The van der Waals surface area contributed by atoms with Gasteiger partial charge in [0.15, 0.2) is 18.1 Å². The predicted molar refractivity (Wildman–Crippen MR) is 91.4 cm³/mol. The molecule has 1 aromatic rings. The lowest BCUT2D eigenvalue weighted by atomic mass is 9.82. The van der Waals surface area contributed by atoms with E-state index in [1.54, 1.807) is 0 Å². The van der Waals surface area contributed by atoms with E-state index in [0.717, 1.165) is 6.42 Å². The van der Waals surface area contributed by atoms with Gasteiger partial charge in [0.05, 0.1) is 18.1 Å². The van der Waals surface area contributed by atoms with Crippen LogP contribution in [0.15, 0.2) is 18.2 Å². The third kappa shape index (κ3) is 6.44. The van der Waals surface area contributed by atoms with E-state index in [9.17, 15) is 14.9 Å². The van der Waals surface area contributed by atoms with Gasteiger partial charge < -0.3 is 14.8 Å². The van der Waals surface area contributed by atoms with Crippen molar-refractivity contribution in [3.8, 4) is 11.5 Å². The highest BCUT2D eigenvalue weighted by Gasteiger charge is 2.27. The highest BCUT2D eigenvalue weighted by atomic mass is 16.6. The Hall–Kier alpha value is -2.31. The second kappa shape index (κ2) is 7.51. The molecule has 0 aliphatic carbocycles. The second-order valence-electron chi connectivity index (χ2n) is 7.55. The molecule has 0 spiro atoms. The molecule has 0 aromatic heterocycles. The molecule has 0 saturated heterocycles. The summed E-state index contributed by atoms with van der Waals surface area (Å²) < 4.78 is 10.5. The molecule has 1 aromatic carbocycles. The predicted octanol–water partition coefficient (Wildman–Crippen LogP) is 3.31. The van der Waals surface area contributed by atoms with Crippen LogP contribution in [0.25, 0.3) is 0 Å². The summed E-state index contributed by atoms with van der Waals surface area (Å²) in [5.74, 6) is 0.204. The van der Waals surface area contributed by atoms with Gasteiger partial charge in [0.1, 0.15) is 0 Å². The van der Waals surface area contributed by atoms with Crippen molar-refractivity contribution < 1.29 is 19.2 Å². The normalized spacial score (nSPS) is 11.8. The van der Waals surface area contributed by atoms with E-state index in [1.807, 2.05) is 13.8 Å². The molecule has 1 N–H and O–H groups in total. The summed E-state index contributed by atoms with van der Waals surface area (Å²) in [5.41, 5.74) is -0.439. The van der Waals surface area contributed by atoms with Crippen molar-refractivity contribution in [3.05, 3.63) is 28.3 Å². The van der Waals surface area contributed by atoms with Crippen LogP contribution in [0.5, 0.6) is 11.5 Å². The maximum absolute atomic E-state index is 12.1. The van der Waals surface area contributed by atoms with E-state index in [2.05, 4.69) is 26.1 Å². The largest absolute Gasteiger partial charge is 0.493 e. The number of carbonyl (C=O) groups excluding carboxylic acids is 1. The Morgan fingerprint density at radius 1 is 1.21 bits per heavy atom. The molecule has 0 unspecified atom stereocenters. The Labute approximate surface area is 142 Å². The fourth-order valence-electron chi connectivity index (χ4n) is 2.82. The van der Waals surface area contributed by atoms with Gasteiger partial charge in [0, 0.05) is 11.6 Å². The zero-order valence-electron chi connectivity index (χ0n) is 15.1. The molecule has 0 aliphatic rings. The van der Waals surface area contributed by atoms with Crippen LogP contribution in [0.1, 0.15) is 41.0 Å². The molecule has 0 bridgehead atoms. The molecule has 24 heavy (non-hydrogen) atoms. The quantitative estimate of drug-likeness (QED) is 0.608.